The van der Waals surface area contributed by atoms with Gasteiger partial charge >= 0.3 is 0 Å². The minimum Gasteiger partial charge on any atom is -0.363 e. The predicted octanol–water partition coefficient (Wildman–Crippen LogP) is 3.04. The number of hydrogen-bond donors (Lipinski definition) is 2. The highest BCUT2D eigenvalue weighted by Gasteiger charge is 2.45. The monoisotopic (exact) mass is 380 g/mol. The molecule has 0 unspecified atom stereocenters. The minimum atomic E-state index is -0.955. The topological polar surface area (TPSA) is 70.1 Å². The summed E-state index contributed by atoms with van der Waals surface area (Å²) in [6, 6.07) is 11.9. The van der Waals surface area contributed by atoms with Gasteiger partial charge < -0.3 is 10.3 Å². The normalized spacial score (nSPS) is 21.3. The van der Waals surface area contributed by atoms with Crippen LogP contribution in [0.1, 0.15) is 29.3 Å². The highest BCUT2D eigenvalue weighted by atomic mass is 19.1. The number of aromatic nitrogens is 2. The van der Waals surface area contributed by atoms with Crippen LogP contribution in [0.15, 0.2) is 64.5 Å². The van der Waals surface area contributed by atoms with Crippen molar-refractivity contribution in [2.24, 2.45) is 4.99 Å². The van der Waals surface area contributed by atoms with E-state index in [-0.39, 0.29) is 17.4 Å². The molecule has 0 fully saturated rings. The van der Waals surface area contributed by atoms with Crippen LogP contribution in [0.4, 0.5) is 8.78 Å². The number of pyridine rings is 2. The lowest BCUT2D eigenvalue weighted by molar-refractivity contribution is 0.449. The van der Waals surface area contributed by atoms with Crippen molar-refractivity contribution in [1.29, 1.82) is 0 Å². The van der Waals surface area contributed by atoms with Gasteiger partial charge in [0, 0.05) is 17.8 Å². The summed E-state index contributed by atoms with van der Waals surface area (Å²) in [4.78, 5) is 23.3. The summed E-state index contributed by atoms with van der Waals surface area (Å²) in [6.45, 7) is 3.80. The molecule has 3 aromatic rings. The third-order valence-corrected chi connectivity index (χ3v) is 5.08. The van der Waals surface area contributed by atoms with E-state index in [9.17, 15) is 13.6 Å². The number of halogens is 2. The Bertz CT molecular complexity index is 1060. The fourth-order valence-electron chi connectivity index (χ4n) is 3.64. The molecule has 7 heteroatoms. The molecule has 0 amide bonds. The van der Waals surface area contributed by atoms with Crippen molar-refractivity contribution in [1.82, 2.24) is 15.3 Å². The van der Waals surface area contributed by atoms with E-state index in [0.717, 1.165) is 11.1 Å². The number of aliphatic imine (C=N–C) groups is 1. The third-order valence-electron chi connectivity index (χ3n) is 5.08. The second kappa shape index (κ2) is 6.67. The van der Waals surface area contributed by atoms with Crippen LogP contribution in [0.25, 0.3) is 0 Å². The molecule has 0 aliphatic carbocycles. The summed E-state index contributed by atoms with van der Waals surface area (Å²) >= 11 is 0. The molecule has 1 aliphatic rings. The van der Waals surface area contributed by atoms with Crippen LogP contribution in [0.3, 0.4) is 0 Å². The van der Waals surface area contributed by atoms with Gasteiger partial charge in [0.1, 0.15) is 17.2 Å². The van der Waals surface area contributed by atoms with Gasteiger partial charge in [-0.25, -0.2) is 14.4 Å². The molecule has 0 bridgehead atoms. The molecule has 2 atom stereocenters. The first kappa shape index (κ1) is 18.0. The van der Waals surface area contributed by atoms with Gasteiger partial charge in [0.15, 0.2) is 0 Å². The Hall–Kier alpha value is -3.35. The fraction of sp³-hybridized carbons (Fsp3) is 0.190. The molecule has 3 heterocycles. The van der Waals surface area contributed by atoms with E-state index in [1.54, 1.807) is 24.3 Å². The Morgan fingerprint density at radius 1 is 1.00 bits per heavy atom. The Morgan fingerprint density at radius 2 is 1.71 bits per heavy atom. The Labute approximate surface area is 160 Å². The maximum Gasteiger partial charge on any atom is 0.248 e. The average molecular weight is 380 g/mol. The lowest BCUT2D eigenvalue weighted by Gasteiger charge is -2.31. The number of benzene rings is 1. The molecule has 1 aliphatic heterocycles. The van der Waals surface area contributed by atoms with Crippen LogP contribution in [-0.4, -0.2) is 21.8 Å². The number of H-pyrrole nitrogens is 1. The first-order chi connectivity index (χ1) is 13.4. The lowest BCUT2D eigenvalue weighted by Crippen LogP contribution is -2.41. The van der Waals surface area contributed by atoms with Crippen LogP contribution >= 0.6 is 0 Å². The van der Waals surface area contributed by atoms with Crippen molar-refractivity contribution in [3.63, 3.8) is 0 Å². The maximum atomic E-state index is 13.5. The number of amidine groups is 1. The van der Waals surface area contributed by atoms with Crippen molar-refractivity contribution < 1.29 is 8.78 Å². The van der Waals surface area contributed by atoms with Crippen molar-refractivity contribution in [2.45, 2.75) is 25.4 Å². The average Bonchev–Trinajstić information content (AvgIpc) is 3.03. The SMILES string of the molecule is Cc1ccc(=O)[nH]c1C1=N[C@](c2ccc(F)cc2)(c2ccc(F)nc2)[C@H](C)N1. The maximum absolute atomic E-state index is 13.5. The third kappa shape index (κ3) is 2.89. The number of nitrogens with zero attached hydrogens (tertiary/aromatic N) is 2. The second-order valence-corrected chi connectivity index (χ2v) is 6.85. The van der Waals surface area contributed by atoms with Crippen molar-refractivity contribution >= 4 is 5.84 Å². The van der Waals surface area contributed by atoms with Crippen LogP contribution in [0, 0.1) is 18.7 Å². The fourth-order valence-corrected chi connectivity index (χ4v) is 3.64. The van der Waals surface area contributed by atoms with Gasteiger partial charge in [-0.05, 0) is 43.2 Å². The van der Waals surface area contributed by atoms with Crippen LogP contribution in [0.2, 0.25) is 0 Å². The number of aryl methyl sites for hydroxylation is 1. The summed E-state index contributed by atoms with van der Waals surface area (Å²) in [5.41, 5.74) is 1.63. The van der Waals surface area contributed by atoms with E-state index < -0.39 is 11.5 Å². The molecule has 28 heavy (non-hydrogen) atoms. The van der Waals surface area contributed by atoms with E-state index in [1.165, 1.54) is 30.5 Å². The molecule has 142 valence electrons. The van der Waals surface area contributed by atoms with E-state index in [0.29, 0.717) is 17.1 Å². The second-order valence-electron chi connectivity index (χ2n) is 6.85. The van der Waals surface area contributed by atoms with Gasteiger partial charge in [-0.1, -0.05) is 24.3 Å². The lowest BCUT2D eigenvalue weighted by atomic mass is 9.79. The molecule has 0 saturated heterocycles. The number of nitrogens with one attached hydrogen (secondary N) is 2. The zero-order valence-electron chi connectivity index (χ0n) is 15.3. The Morgan fingerprint density at radius 3 is 2.39 bits per heavy atom. The number of rotatable bonds is 3. The Kier molecular flexibility index (Phi) is 4.30. The Balaban J connectivity index is 1.96. The molecule has 0 spiro atoms. The molecule has 2 N–H and O–H groups in total. The molecular formula is C21H18F2N4O. The van der Waals surface area contributed by atoms with E-state index in [1.807, 2.05) is 13.8 Å². The highest BCUT2D eigenvalue weighted by molar-refractivity contribution is 6.00. The van der Waals surface area contributed by atoms with Gasteiger partial charge in [0.2, 0.25) is 11.5 Å². The minimum absolute atomic E-state index is 0.236. The smallest absolute Gasteiger partial charge is 0.248 e. The molecule has 5 nitrogen and oxygen atoms in total. The summed E-state index contributed by atoms with van der Waals surface area (Å²) in [5.74, 6) is -0.442. The first-order valence-corrected chi connectivity index (χ1v) is 8.85. The number of hydrogen-bond acceptors (Lipinski definition) is 4. The number of aromatic amines is 1. The van der Waals surface area contributed by atoms with Crippen LogP contribution in [-0.2, 0) is 5.54 Å². The molecule has 4 rings (SSSR count). The molecule has 2 aromatic heterocycles. The summed E-state index contributed by atoms with van der Waals surface area (Å²) in [5, 5.41) is 3.32. The molecule has 0 radical (unpaired) electrons. The van der Waals surface area contributed by atoms with Crippen molar-refractivity contribution in [2.75, 3.05) is 0 Å². The molecule has 0 saturated carbocycles. The highest BCUT2D eigenvalue weighted by Crippen LogP contribution is 2.40. The largest absolute Gasteiger partial charge is 0.363 e. The van der Waals surface area contributed by atoms with Crippen molar-refractivity contribution in [3.8, 4) is 0 Å². The van der Waals surface area contributed by atoms with Crippen molar-refractivity contribution in [3.05, 3.63) is 99.2 Å². The van der Waals surface area contributed by atoms with E-state index >= 15 is 0 Å². The van der Waals surface area contributed by atoms with Gasteiger partial charge in [0.05, 0.1) is 11.7 Å². The van der Waals surface area contributed by atoms with Crippen LogP contribution < -0.4 is 10.9 Å². The molecule has 1 aromatic carbocycles. The summed E-state index contributed by atoms with van der Waals surface area (Å²) < 4.78 is 27.0. The van der Waals surface area contributed by atoms with E-state index in [2.05, 4.69) is 15.3 Å². The molecular weight excluding hydrogens is 362 g/mol. The van der Waals surface area contributed by atoms with Gasteiger partial charge in [-0.3, -0.25) is 4.79 Å². The zero-order valence-corrected chi connectivity index (χ0v) is 15.3. The quantitative estimate of drug-likeness (QED) is 0.686. The van der Waals surface area contributed by atoms with Gasteiger partial charge in [-0.2, -0.15) is 4.39 Å². The van der Waals surface area contributed by atoms with E-state index in [4.69, 9.17) is 4.99 Å². The zero-order chi connectivity index (χ0) is 19.9. The summed E-state index contributed by atoms with van der Waals surface area (Å²) in [6.07, 6.45) is 1.43. The summed E-state index contributed by atoms with van der Waals surface area (Å²) in [7, 11) is 0. The predicted molar refractivity (Wildman–Crippen MR) is 102 cm³/mol. The van der Waals surface area contributed by atoms with Gasteiger partial charge in [-0.15, -0.1) is 0 Å². The standard InChI is InChI=1S/C21H18F2N4O/c1-12-3-10-18(28)26-19(12)20-25-13(2)21(27-20,14-4-7-16(22)8-5-14)15-6-9-17(23)24-11-15/h3-11,13H,1-2H3,(H,25,27)(H,26,28)/t13-,21+/m0/s1. The van der Waals surface area contributed by atoms with Gasteiger partial charge in [0.25, 0.3) is 0 Å². The first-order valence-electron chi connectivity index (χ1n) is 8.85. The van der Waals surface area contributed by atoms with Crippen LogP contribution in [0.5, 0.6) is 0 Å².